The Morgan fingerprint density at radius 1 is 1.09 bits per heavy atom. The number of rotatable bonds is 5. The molecule has 1 aromatic carbocycles. The van der Waals surface area contributed by atoms with Gasteiger partial charge in [-0.15, -0.1) is 0 Å². The number of morpholine rings is 1. The minimum absolute atomic E-state index is 0.289. The summed E-state index contributed by atoms with van der Waals surface area (Å²) in [5.74, 6) is -0.669. The number of halogens is 1. The van der Waals surface area contributed by atoms with Crippen molar-refractivity contribution >= 4 is 12.0 Å². The molecule has 178 valence electrons. The van der Waals surface area contributed by atoms with Crippen molar-refractivity contribution < 1.29 is 23.5 Å². The van der Waals surface area contributed by atoms with Crippen molar-refractivity contribution in [1.82, 2.24) is 15.1 Å². The van der Waals surface area contributed by atoms with Gasteiger partial charge in [0, 0.05) is 32.7 Å². The van der Waals surface area contributed by atoms with Gasteiger partial charge in [-0.3, -0.25) is 9.69 Å². The van der Waals surface area contributed by atoms with Crippen LogP contribution in [0.5, 0.6) is 0 Å². The second-order valence-electron chi connectivity index (χ2n) is 9.26. The van der Waals surface area contributed by atoms with E-state index in [0.717, 1.165) is 24.8 Å². The molecular weight excluding hydrogens is 427 g/mol. The Morgan fingerprint density at radius 3 is 2.45 bits per heavy atom. The van der Waals surface area contributed by atoms with Crippen molar-refractivity contribution in [2.45, 2.75) is 56.2 Å². The minimum atomic E-state index is -1.25. The smallest absolute Gasteiger partial charge is 0.410 e. The number of carbonyl (C=O) groups is 2. The topological polar surface area (TPSA) is 94.9 Å². The molecular formula is C24H31FN4O4. The van der Waals surface area contributed by atoms with E-state index in [9.17, 15) is 19.2 Å². The molecule has 1 atom stereocenters. The predicted octanol–water partition coefficient (Wildman–Crippen LogP) is 2.58. The summed E-state index contributed by atoms with van der Waals surface area (Å²) in [5.41, 5.74) is -1.35. The number of likely N-dealkylation sites (tertiary alicyclic amines) is 1. The molecule has 3 fully saturated rings. The first-order valence-corrected chi connectivity index (χ1v) is 11.7. The lowest BCUT2D eigenvalue weighted by Crippen LogP contribution is -2.60. The zero-order valence-corrected chi connectivity index (χ0v) is 18.9. The Kier molecular flexibility index (Phi) is 7.15. The summed E-state index contributed by atoms with van der Waals surface area (Å²) in [6.07, 6.45) is 3.46. The minimum Gasteiger partial charge on any atom is -0.433 e. The summed E-state index contributed by atoms with van der Waals surface area (Å²) in [7, 11) is 0. The van der Waals surface area contributed by atoms with E-state index in [2.05, 4.69) is 16.3 Å². The Labute approximate surface area is 193 Å². The monoisotopic (exact) mass is 458 g/mol. The first-order chi connectivity index (χ1) is 15.9. The van der Waals surface area contributed by atoms with E-state index in [1.54, 1.807) is 17.0 Å². The number of hydrogen-bond acceptors (Lipinski definition) is 6. The van der Waals surface area contributed by atoms with Gasteiger partial charge in [0.1, 0.15) is 11.4 Å². The van der Waals surface area contributed by atoms with E-state index in [1.807, 2.05) is 0 Å². The van der Waals surface area contributed by atoms with Crippen molar-refractivity contribution in [2.24, 2.45) is 0 Å². The number of benzene rings is 1. The van der Waals surface area contributed by atoms with Gasteiger partial charge in [0.05, 0.1) is 19.3 Å². The van der Waals surface area contributed by atoms with E-state index in [1.165, 1.54) is 12.1 Å². The van der Waals surface area contributed by atoms with Crippen LogP contribution in [0.25, 0.3) is 0 Å². The highest BCUT2D eigenvalue weighted by Crippen LogP contribution is 2.34. The highest BCUT2D eigenvalue weighted by molar-refractivity contribution is 5.88. The van der Waals surface area contributed by atoms with Crippen molar-refractivity contribution in [3.63, 3.8) is 0 Å². The summed E-state index contributed by atoms with van der Waals surface area (Å²) in [6.45, 7) is 3.35. The van der Waals surface area contributed by atoms with E-state index >= 15 is 0 Å². The van der Waals surface area contributed by atoms with Crippen LogP contribution < -0.4 is 5.32 Å². The summed E-state index contributed by atoms with van der Waals surface area (Å²) in [4.78, 5) is 30.0. The lowest BCUT2D eigenvalue weighted by molar-refractivity contribution is -0.146. The zero-order valence-electron chi connectivity index (χ0n) is 18.9. The van der Waals surface area contributed by atoms with Crippen molar-refractivity contribution in [3.05, 3.63) is 35.6 Å². The molecule has 1 aromatic rings. The summed E-state index contributed by atoms with van der Waals surface area (Å²) >= 11 is 0. The van der Waals surface area contributed by atoms with Crippen molar-refractivity contribution in [2.75, 3.05) is 39.4 Å². The van der Waals surface area contributed by atoms with Gasteiger partial charge in [-0.05, 0) is 49.8 Å². The van der Waals surface area contributed by atoms with Crippen LogP contribution >= 0.6 is 0 Å². The maximum Gasteiger partial charge on any atom is 0.410 e. The van der Waals surface area contributed by atoms with Crippen LogP contribution in [0.1, 0.15) is 44.1 Å². The molecule has 33 heavy (non-hydrogen) atoms. The van der Waals surface area contributed by atoms with Crippen molar-refractivity contribution in [1.29, 1.82) is 5.26 Å². The predicted molar refractivity (Wildman–Crippen MR) is 117 cm³/mol. The third-order valence-electron chi connectivity index (χ3n) is 6.86. The van der Waals surface area contributed by atoms with E-state index in [0.29, 0.717) is 65.2 Å². The molecule has 2 saturated heterocycles. The Morgan fingerprint density at radius 2 is 1.79 bits per heavy atom. The molecule has 1 unspecified atom stereocenters. The van der Waals surface area contributed by atoms with Crippen molar-refractivity contribution in [3.8, 4) is 6.07 Å². The Hall–Kier alpha value is -2.70. The van der Waals surface area contributed by atoms with Crippen LogP contribution in [-0.2, 0) is 20.8 Å². The molecule has 2 amide bonds. The molecule has 0 aromatic heterocycles. The first-order valence-electron chi connectivity index (χ1n) is 11.7. The highest BCUT2D eigenvalue weighted by Gasteiger charge is 2.49. The molecule has 3 aliphatic rings. The zero-order chi connectivity index (χ0) is 23.3. The van der Waals surface area contributed by atoms with Gasteiger partial charge in [0.25, 0.3) is 5.91 Å². The average molecular weight is 459 g/mol. The number of carbonyl (C=O) groups excluding carboxylic acids is 2. The SMILES string of the molecule is N#CC1(NC(=O)C2(OC(=O)N3CCOCC3)CCCCC2)CCN(Cc2ccc(F)cc2)C1. The van der Waals surface area contributed by atoms with Crippen LogP contribution in [-0.4, -0.2) is 72.3 Å². The lowest BCUT2D eigenvalue weighted by atomic mass is 9.83. The maximum atomic E-state index is 13.5. The first kappa shape index (κ1) is 23.5. The third-order valence-corrected chi connectivity index (χ3v) is 6.86. The van der Waals surface area contributed by atoms with Gasteiger partial charge in [0.2, 0.25) is 0 Å². The highest BCUT2D eigenvalue weighted by atomic mass is 19.1. The van der Waals surface area contributed by atoms with E-state index < -0.39 is 17.2 Å². The number of ether oxygens (including phenoxy) is 2. The molecule has 0 bridgehead atoms. The molecule has 1 N–H and O–H groups in total. The summed E-state index contributed by atoms with van der Waals surface area (Å²) in [5, 5.41) is 12.9. The second-order valence-corrected chi connectivity index (χ2v) is 9.26. The standard InChI is InChI=1S/C24H31FN4O4/c25-20-6-4-19(5-7-20)16-28-11-10-23(17-26,18-28)27-21(30)24(8-2-1-3-9-24)33-22(31)29-12-14-32-15-13-29/h4-7H,1-3,8-16,18H2,(H,27,30). The molecule has 2 aliphatic heterocycles. The number of hydrogen-bond donors (Lipinski definition) is 1. The number of nitrogens with zero attached hydrogens (tertiary/aromatic N) is 3. The fraction of sp³-hybridized carbons (Fsp3) is 0.625. The summed E-state index contributed by atoms with van der Waals surface area (Å²) in [6, 6.07) is 8.59. The average Bonchev–Trinajstić information content (AvgIpc) is 3.24. The van der Waals surface area contributed by atoms with Gasteiger partial charge >= 0.3 is 6.09 Å². The molecule has 0 spiro atoms. The maximum absolute atomic E-state index is 13.5. The quantitative estimate of drug-likeness (QED) is 0.729. The lowest BCUT2D eigenvalue weighted by Gasteiger charge is -2.39. The van der Waals surface area contributed by atoms with Gasteiger partial charge < -0.3 is 19.7 Å². The largest absolute Gasteiger partial charge is 0.433 e. The second kappa shape index (κ2) is 10.1. The third kappa shape index (κ3) is 5.45. The fourth-order valence-corrected chi connectivity index (χ4v) is 4.90. The number of nitriles is 1. The van der Waals surface area contributed by atoms with Crippen LogP contribution in [0.2, 0.25) is 0 Å². The van der Waals surface area contributed by atoms with Crippen LogP contribution in [0.4, 0.5) is 9.18 Å². The van der Waals surface area contributed by atoms with Crippen LogP contribution in [0, 0.1) is 17.1 Å². The molecule has 9 heteroatoms. The van der Waals surface area contributed by atoms with Gasteiger partial charge in [-0.25, -0.2) is 9.18 Å². The summed E-state index contributed by atoms with van der Waals surface area (Å²) < 4.78 is 24.4. The van der Waals surface area contributed by atoms with E-state index in [-0.39, 0.29) is 11.7 Å². The van der Waals surface area contributed by atoms with E-state index in [4.69, 9.17) is 9.47 Å². The normalized spacial score (nSPS) is 25.3. The van der Waals surface area contributed by atoms with Crippen LogP contribution in [0.3, 0.4) is 0 Å². The fourth-order valence-electron chi connectivity index (χ4n) is 4.90. The molecule has 1 saturated carbocycles. The molecule has 8 nitrogen and oxygen atoms in total. The Balaban J connectivity index is 1.43. The molecule has 4 rings (SSSR count). The number of amides is 2. The van der Waals surface area contributed by atoms with Crippen LogP contribution in [0.15, 0.2) is 24.3 Å². The molecule has 2 heterocycles. The number of nitrogens with one attached hydrogen (secondary N) is 1. The van der Waals surface area contributed by atoms with Gasteiger partial charge in [-0.2, -0.15) is 5.26 Å². The molecule has 1 aliphatic carbocycles. The molecule has 0 radical (unpaired) electrons. The van der Waals surface area contributed by atoms with Gasteiger partial charge in [-0.1, -0.05) is 18.6 Å². The Bertz CT molecular complexity index is 891. The van der Waals surface area contributed by atoms with Gasteiger partial charge in [0.15, 0.2) is 5.60 Å².